The summed E-state index contributed by atoms with van der Waals surface area (Å²) in [5.74, 6) is -0.659. The van der Waals surface area contributed by atoms with Crippen molar-refractivity contribution in [3.8, 4) is 0 Å². The van der Waals surface area contributed by atoms with Crippen molar-refractivity contribution < 1.29 is 9.18 Å². The average molecular weight is 179 g/mol. The second-order valence-corrected chi connectivity index (χ2v) is 3.18. The normalized spacial score (nSPS) is 26.8. The number of rotatable bonds is 0. The van der Waals surface area contributed by atoms with Gasteiger partial charge in [-0.15, -0.1) is 0 Å². The Morgan fingerprint density at radius 2 is 2.38 bits per heavy atom. The zero-order chi connectivity index (χ0) is 9.26. The summed E-state index contributed by atoms with van der Waals surface area (Å²) >= 11 is 0. The number of hydrogen-bond donors (Lipinski definition) is 1. The van der Waals surface area contributed by atoms with E-state index in [1.807, 2.05) is 12.2 Å². The third kappa shape index (κ3) is 1.54. The molecule has 1 aliphatic heterocycles. The van der Waals surface area contributed by atoms with Crippen LogP contribution >= 0.6 is 0 Å². The largest absolute Gasteiger partial charge is 0.353 e. The van der Waals surface area contributed by atoms with E-state index in [2.05, 4.69) is 5.32 Å². The van der Waals surface area contributed by atoms with E-state index in [9.17, 15) is 9.18 Å². The van der Waals surface area contributed by atoms with Crippen LogP contribution in [0.3, 0.4) is 0 Å². The highest BCUT2D eigenvalue weighted by molar-refractivity contribution is 5.78. The van der Waals surface area contributed by atoms with Gasteiger partial charge < -0.3 is 5.32 Å². The van der Waals surface area contributed by atoms with Crippen molar-refractivity contribution in [2.45, 2.75) is 6.42 Å². The highest BCUT2D eigenvalue weighted by Gasteiger charge is 2.24. The summed E-state index contributed by atoms with van der Waals surface area (Å²) in [5.41, 5.74) is 0.901. The first kappa shape index (κ1) is 8.23. The molecule has 0 aromatic rings. The molecule has 13 heavy (non-hydrogen) atoms. The van der Waals surface area contributed by atoms with Crippen LogP contribution in [0.4, 0.5) is 4.39 Å². The number of fused-ring (bicyclic) bond motifs is 1. The molecule has 0 aromatic heterocycles. The van der Waals surface area contributed by atoms with Crippen molar-refractivity contribution in [1.82, 2.24) is 5.32 Å². The van der Waals surface area contributed by atoms with Crippen LogP contribution in [-0.2, 0) is 4.79 Å². The fourth-order valence-electron chi connectivity index (χ4n) is 1.61. The summed E-state index contributed by atoms with van der Waals surface area (Å²) in [6, 6.07) is 0. The van der Waals surface area contributed by atoms with Crippen LogP contribution in [0.25, 0.3) is 0 Å². The fraction of sp³-hybridized carbons (Fsp3) is 0.300. The number of carbonyl (C=O) groups excluding carboxylic acids is 1. The molecule has 1 unspecified atom stereocenters. The molecule has 1 heterocycles. The van der Waals surface area contributed by atoms with Crippen LogP contribution in [0.2, 0.25) is 0 Å². The molecular weight excluding hydrogens is 169 g/mol. The van der Waals surface area contributed by atoms with Crippen molar-refractivity contribution in [3.05, 3.63) is 35.7 Å². The molecule has 2 nitrogen and oxygen atoms in total. The second-order valence-electron chi connectivity index (χ2n) is 3.18. The lowest BCUT2D eigenvalue weighted by Crippen LogP contribution is -2.23. The van der Waals surface area contributed by atoms with E-state index in [1.54, 1.807) is 6.08 Å². The smallest absolute Gasteiger partial charge is 0.221 e. The van der Waals surface area contributed by atoms with E-state index >= 15 is 0 Å². The highest BCUT2D eigenvalue weighted by atomic mass is 19.1. The summed E-state index contributed by atoms with van der Waals surface area (Å²) in [4.78, 5) is 11.1. The first-order chi connectivity index (χ1) is 6.27. The molecule has 1 aliphatic carbocycles. The Balaban J connectivity index is 2.31. The van der Waals surface area contributed by atoms with Gasteiger partial charge in [0.2, 0.25) is 5.91 Å². The molecule has 0 bridgehead atoms. The van der Waals surface area contributed by atoms with Gasteiger partial charge in [-0.25, -0.2) is 4.39 Å². The Hall–Kier alpha value is -1.38. The molecule has 2 aliphatic rings. The van der Waals surface area contributed by atoms with Crippen molar-refractivity contribution in [3.63, 3.8) is 0 Å². The highest BCUT2D eigenvalue weighted by Crippen LogP contribution is 2.30. The number of carbonyl (C=O) groups is 1. The zero-order valence-electron chi connectivity index (χ0n) is 7.09. The first-order valence-electron chi connectivity index (χ1n) is 4.28. The SMILES string of the molecule is O=C1CC2C(F)=CC=CC2=CCN1. The molecular formula is C10H10FNO. The van der Waals surface area contributed by atoms with Crippen LogP contribution in [0.15, 0.2) is 35.7 Å². The van der Waals surface area contributed by atoms with Gasteiger partial charge in [0.05, 0.1) is 0 Å². The lowest BCUT2D eigenvalue weighted by atomic mass is 9.91. The van der Waals surface area contributed by atoms with Crippen molar-refractivity contribution in [2.24, 2.45) is 5.92 Å². The molecule has 1 amide bonds. The Morgan fingerprint density at radius 3 is 3.23 bits per heavy atom. The van der Waals surface area contributed by atoms with Gasteiger partial charge >= 0.3 is 0 Å². The van der Waals surface area contributed by atoms with E-state index in [-0.39, 0.29) is 24.1 Å². The van der Waals surface area contributed by atoms with Gasteiger partial charge in [0.15, 0.2) is 0 Å². The summed E-state index contributed by atoms with van der Waals surface area (Å²) in [7, 11) is 0. The number of allylic oxidation sites excluding steroid dienone is 5. The third-order valence-corrected chi connectivity index (χ3v) is 2.31. The van der Waals surface area contributed by atoms with Crippen LogP contribution in [0.5, 0.6) is 0 Å². The number of amides is 1. The fourth-order valence-corrected chi connectivity index (χ4v) is 1.61. The minimum atomic E-state index is -0.354. The van der Waals surface area contributed by atoms with E-state index in [1.165, 1.54) is 6.08 Å². The van der Waals surface area contributed by atoms with Crippen molar-refractivity contribution in [2.75, 3.05) is 6.54 Å². The van der Waals surface area contributed by atoms with Gasteiger partial charge in [0.1, 0.15) is 5.83 Å². The van der Waals surface area contributed by atoms with E-state index < -0.39 is 0 Å². The third-order valence-electron chi connectivity index (χ3n) is 2.31. The van der Waals surface area contributed by atoms with Crippen LogP contribution in [0.1, 0.15) is 6.42 Å². The van der Waals surface area contributed by atoms with Gasteiger partial charge in [-0.2, -0.15) is 0 Å². The lowest BCUT2D eigenvalue weighted by Gasteiger charge is -2.15. The van der Waals surface area contributed by atoms with Gasteiger partial charge in [-0.3, -0.25) is 4.79 Å². The maximum absolute atomic E-state index is 13.3. The molecule has 0 spiro atoms. The van der Waals surface area contributed by atoms with Crippen molar-refractivity contribution in [1.29, 1.82) is 0 Å². The Bertz CT molecular complexity index is 328. The number of hydrogen-bond acceptors (Lipinski definition) is 1. The summed E-state index contributed by atoms with van der Waals surface area (Å²) in [6.45, 7) is 0.502. The number of halogens is 1. The monoisotopic (exact) mass is 179 g/mol. The quantitative estimate of drug-likeness (QED) is 0.599. The van der Waals surface area contributed by atoms with E-state index in [4.69, 9.17) is 0 Å². The predicted octanol–water partition coefficient (Wildman–Crippen LogP) is 1.47. The molecule has 0 fully saturated rings. The van der Waals surface area contributed by atoms with Crippen LogP contribution in [-0.4, -0.2) is 12.5 Å². The van der Waals surface area contributed by atoms with Crippen LogP contribution < -0.4 is 5.32 Å². The zero-order valence-corrected chi connectivity index (χ0v) is 7.09. The summed E-state index contributed by atoms with van der Waals surface area (Å²) in [5, 5.41) is 2.68. The van der Waals surface area contributed by atoms with Crippen LogP contribution in [0, 0.1) is 5.92 Å². The van der Waals surface area contributed by atoms with Gasteiger partial charge in [-0.1, -0.05) is 18.2 Å². The maximum Gasteiger partial charge on any atom is 0.221 e. The molecule has 2 rings (SSSR count). The lowest BCUT2D eigenvalue weighted by molar-refractivity contribution is -0.121. The molecule has 0 radical (unpaired) electrons. The molecule has 3 heteroatoms. The van der Waals surface area contributed by atoms with Crippen molar-refractivity contribution >= 4 is 5.91 Å². The van der Waals surface area contributed by atoms with Gasteiger partial charge in [0.25, 0.3) is 0 Å². The molecule has 0 aromatic carbocycles. The minimum absolute atomic E-state index is 0.0879. The topological polar surface area (TPSA) is 29.1 Å². The molecule has 0 saturated heterocycles. The summed E-state index contributed by atoms with van der Waals surface area (Å²) in [6.07, 6.45) is 7.03. The second kappa shape index (κ2) is 3.17. The molecule has 0 saturated carbocycles. The number of nitrogens with one attached hydrogen (secondary N) is 1. The van der Waals surface area contributed by atoms with E-state index in [0.717, 1.165) is 5.57 Å². The maximum atomic E-state index is 13.3. The van der Waals surface area contributed by atoms with E-state index in [0.29, 0.717) is 6.54 Å². The molecule has 1 atom stereocenters. The molecule has 1 N–H and O–H groups in total. The Morgan fingerprint density at radius 1 is 1.54 bits per heavy atom. The molecule has 68 valence electrons. The predicted molar refractivity (Wildman–Crippen MR) is 47.5 cm³/mol. The Labute approximate surface area is 75.8 Å². The summed E-state index contributed by atoms with van der Waals surface area (Å²) < 4.78 is 13.3. The average Bonchev–Trinajstić information content (AvgIpc) is 2.28. The van der Waals surface area contributed by atoms with Gasteiger partial charge in [0, 0.05) is 18.9 Å². The standard InChI is InChI=1S/C10H10FNO/c11-9-3-1-2-7-4-5-12-10(13)6-8(7)9/h1-4,8H,5-6H2,(H,12,13). The first-order valence-corrected chi connectivity index (χ1v) is 4.28. The van der Waals surface area contributed by atoms with Gasteiger partial charge in [-0.05, 0) is 11.6 Å². The minimum Gasteiger partial charge on any atom is -0.353 e. The Kier molecular flexibility index (Phi) is 2.00.